The molecule has 0 bridgehead atoms. The molecule has 2 N–H and O–H groups in total. The highest BCUT2D eigenvalue weighted by molar-refractivity contribution is 5.57. The van der Waals surface area contributed by atoms with E-state index >= 15 is 0 Å². The summed E-state index contributed by atoms with van der Waals surface area (Å²) < 4.78 is 67.6. The van der Waals surface area contributed by atoms with E-state index in [1.807, 2.05) is 0 Å². The number of fused-ring (bicyclic) bond motifs is 2. The standard InChI is InChI=1S/C19H24F4N4O2/c1-11-14(24-8-16-12(18(16,20)21)4-2-6-28-16)26-10-27-15(11)25-9-17-13(19(17,22)23)5-3-7-29-17/h10,12-13H,2-9H2,1H3,(H2,24,25,26,27)/t12-,13-,16+,17+/m1/s1. The predicted molar refractivity (Wildman–Crippen MR) is 96.5 cm³/mol. The van der Waals surface area contributed by atoms with Crippen molar-refractivity contribution in [3.63, 3.8) is 0 Å². The van der Waals surface area contributed by atoms with Crippen LogP contribution in [0.4, 0.5) is 29.2 Å². The lowest BCUT2D eigenvalue weighted by Gasteiger charge is -2.24. The van der Waals surface area contributed by atoms with Crippen LogP contribution in [0.2, 0.25) is 0 Å². The molecule has 160 valence electrons. The Bertz CT molecular complexity index is 763. The summed E-state index contributed by atoms with van der Waals surface area (Å²) in [7, 11) is 0. The Morgan fingerprint density at radius 3 is 1.76 bits per heavy atom. The number of hydrogen-bond donors (Lipinski definition) is 2. The highest BCUT2D eigenvalue weighted by Crippen LogP contribution is 2.65. The van der Waals surface area contributed by atoms with Crippen LogP contribution in [0.5, 0.6) is 0 Å². The Morgan fingerprint density at radius 1 is 0.897 bits per heavy atom. The number of ether oxygens (including phenoxy) is 2. The third-order valence-electron chi connectivity index (χ3n) is 7.08. The van der Waals surface area contributed by atoms with Crippen LogP contribution < -0.4 is 10.6 Å². The van der Waals surface area contributed by atoms with Crippen molar-refractivity contribution in [1.29, 1.82) is 0 Å². The SMILES string of the molecule is Cc1c(NC[C@]23OCCC[C@H]2C3(F)F)ncnc1NC[C@]12OCCC[C@H]1C2(F)F. The third kappa shape index (κ3) is 2.54. The van der Waals surface area contributed by atoms with Gasteiger partial charge in [0.1, 0.15) is 18.0 Å². The van der Waals surface area contributed by atoms with Gasteiger partial charge in [0.05, 0.1) is 24.9 Å². The van der Waals surface area contributed by atoms with Gasteiger partial charge in [-0.25, -0.2) is 27.5 Å². The molecule has 5 rings (SSSR count). The van der Waals surface area contributed by atoms with Crippen LogP contribution in [0.1, 0.15) is 31.2 Å². The molecule has 2 saturated heterocycles. The molecular formula is C19H24F4N4O2. The Kier molecular flexibility index (Phi) is 4.10. The average Bonchev–Trinajstić information content (AvgIpc) is 3.43. The fraction of sp³-hybridized carbons (Fsp3) is 0.789. The van der Waals surface area contributed by atoms with Crippen LogP contribution in [0.25, 0.3) is 0 Å². The summed E-state index contributed by atoms with van der Waals surface area (Å²) >= 11 is 0. The van der Waals surface area contributed by atoms with Gasteiger partial charge in [-0.15, -0.1) is 0 Å². The van der Waals surface area contributed by atoms with Crippen molar-refractivity contribution >= 4 is 11.6 Å². The number of halogens is 4. The molecule has 0 spiro atoms. The number of nitrogens with zero attached hydrogens (tertiary/aromatic N) is 2. The second-order valence-electron chi connectivity index (χ2n) is 8.51. The van der Waals surface area contributed by atoms with E-state index in [2.05, 4.69) is 20.6 Å². The summed E-state index contributed by atoms with van der Waals surface area (Å²) in [6.07, 6.45) is 3.45. The van der Waals surface area contributed by atoms with E-state index in [0.29, 0.717) is 56.1 Å². The molecule has 0 aromatic carbocycles. The second kappa shape index (κ2) is 6.16. The molecular weight excluding hydrogens is 392 g/mol. The van der Waals surface area contributed by atoms with Gasteiger partial charge in [-0.2, -0.15) is 0 Å². The lowest BCUT2D eigenvalue weighted by molar-refractivity contribution is -0.0520. The van der Waals surface area contributed by atoms with E-state index in [4.69, 9.17) is 9.47 Å². The fourth-order valence-electron chi connectivity index (χ4n) is 5.14. The highest BCUT2D eigenvalue weighted by Gasteiger charge is 2.83. The molecule has 0 unspecified atom stereocenters. The zero-order valence-corrected chi connectivity index (χ0v) is 16.1. The quantitative estimate of drug-likeness (QED) is 0.694. The number of nitrogens with one attached hydrogen (secondary N) is 2. The maximum atomic E-state index is 14.2. The molecule has 4 atom stereocenters. The van der Waals surface area contributed by atoms with E-state index < -0.39 is 34.9 Å². The van der Waals surface area contributed by atoms with Crippen molar-refractivity contribution in [1.82, 2.24) is 9.97 Å². The molecule has 2 aliphatic heterocycles. The van der Waals surface area contributed by atoms with E-state index in [9.17, 15) is 17.6 Å². The highest BCUT2D eigenvalue weighted by atomic mass is 19.3. The fourth-order valence-corrected chi connectivity index (χ4v) is 5.14. The Hall–Kier alpha value is -1.68. The largest absolute Gasteiger partial charge is 0.367 e. The van der Waals surface area contributed by atoms with Crippen molar-refractivity contribution in [2.24, 2.45) is 11.8 Å². The van der Waals surface area contributed by atoms with Gasteiger partial charge in [-0.3, -0.25) is 0 Å². The summed E-state index contributed by atoms with van der Waals surface area (Å²) in [6, 6.07) is 0. The van der Waals surface area contributed by atoms with Crippen molar-refractivity contribution in [3.05, 3.63) is 11.9 Å². The minimum Gasteiger partial charge on any atom is -0.367 e. The molecule has 0 amide bonds. The number of aromatic nitrogens is 2. The number of rotatable bonds is 6. The van der Waals surface area contributed by atoms with Crippen LogP contribution in [-0.4, -0.2) is 59.3 Å². The molecule has 1 aromatic rings. The van der Waals surface area contributed by atoms with Gasteiger partial charge in [0, 0.05) is 18.8 Å². The summed E-state index contributed by atoms with van der Waals surface area (Å²) in [5.74, 6) is -6.46. The first-order chi connectivity index (χ1) is 13.8. The minimum absolute atomic E-state index is 0.0604. The van der Waals surface area contributed by atoms with Gasteiger partial charge in [0.2, 0.25) is 0 Å². The Morgan fingerprint density at radius 2 is 1.34 bits per heavy atom. The van der Waals surface area contributed by atoms with E-state index in [1.54, 1.807) is 6.92 Å². The molecule has 29 heavy (non-hydrogen) atoms. The molecule has 4 aliphatic rings. The molecule has 2 saturated carbocycles. The van der Waals surface area contributed by atoms with Crippen LogP contribution >= 0.6 is 0 Å². The van der Waals surface area contributed by atoms with Gasteiger partial charge in [0.15, 0.2) is 11.2 Å². The molecule has 0 radical (unpaired) electrons. The zero-order valence-electron chi connectivity index (χ0n) is 16.1. The summed E-state index contributed by atoms with van der Waals surface area (Å²) in [6.45, 7) is 2.24. The van der Waals surface area contributed by atoms with Crippen molar-refractivity contribution in [2.45, 2.75) is 55.7 Å². The molecule has 2 aliphatic carbocycles. The van der Waals surface area contributed by atoms with Crippen LogP contribution in [0.15, 0.2) is 6.33 Å². The summed E-state index contributed by atoms with van der Waals surface area (Å²) in [5.41, 5.74) is -2.38. The normalized spacial score (nSPS) is 38.5. The van der Waals surface area contributed by atoms with Crippen molar-refractivity contribution in [3.8, 4) is 0 Å². The third-order valence-corrected chi connectivity index (χ3v) is 7.08. The first-order valence-corrected chi connectivity index (χ1v) is 10.1. The smallest absolute Gasteiger partial charge is 0.284 e. The van der Waals surface area contributed by atoms with E-state index in [0.717, 1.165) is 0 Å². The first-order valence-electron chi connectivity index (χ1n) is 10.1. The summed E-state index contributed by atoms with van der Waals surface area (Å²) in [5, 5.41) is 5.92. The monoisotopic (exact) mass is 416 g/mol. The maximum Gasteiger partial charge on any atom is 0.284 e. The molecule has 4 fully saturated rings. The Balaban J connectivity index is 1.26. The predicted octanol–water partition coefficient (Wildman–Crippen LogP) is 3.24. The van der Waals surface area contributed by atoms with Crippen molar-refractivity contribution < 1.29 is 27.0 Å². The average molecular weight is 416 g/mol. The van der Waals surface area contributed by atoms with Crippen LogP contribution in [0.3, 0.4) is 0 Å². The molecule has 10 heteroatoms. The number of hydrogen-bond acceptors (Lipinski definition) is 6. The number of anilines is 2. The summed E-state index contributed by atoms with van der Waals surface area (Å²) in [4.78, 5) is 8.26. The van der Waals surface area contributed by atoms with Gasteiger partial charge < -0.3 is 20.1 Å². The Labute approximate surface area is 165 Å². The van der Waals surface area contributed by atoms with E-state index in [-0.39, 0.29) is 13.1 Å². The first kappa shape index (κ1) is 19.3. The topological polar surface area (TPSA) is 68.3 Å². The van der Waals surface area contributed by atoms with Gasteiger partial charge in [-0.1, -0.05) is 0 Å². The van der Waals surface area contributed by atoms with E-state index in [1.165, 1.54) is 6.33 Å². The lowest BCUT2D eigenvalue weighted by atomic mass is 10.1. The van der Waals surface area contributed by atoms with Gasteiger partial charge in [-0.05, 0) is 32.6 Å². The second-order valence-corrected chi connectivity index (χ2v) is 8.51. The van der Waals surface area contributed by atoms with Gasteiger partial charge in [0.25, 0.3) is 11.8 Å². The maximum absolute atomic E-state index is 14.2. The van der Waals surface area contributed by atoms with Crippen LogP contribution in [0, 0.1) is 18.8 Å². The number of alkyl halides is 4. The van der Waals surface area contributed by atoms with Gasteiger partial charge >= 0.3 is 0 Å². The lowest BCUT2D eigenvalue weighted by Crippen LogP contribution is -2.35. The molecule has 3 heterocycles. The molecule has 6 nitrogen and oxygen atoms in total. The van der Waals surface area contributed by atoms with Crippen molar-refractivity contribution in [2.75, 3.05) is 36.9 Å². The van der Waals surface area contributed by atoms with Crippen LogP contribution in [-0.2, 0) is 9.47 Å². The minimum atomic E-state index is -2.84. The zero-order chi connectivity index (χ0) is 20.5. The molecule has 1 aromatic heterocycles.